The summed E-state index contributed by atoms with van der Waals surface area (Å²) in [5, 5.41) is 12.9. The van der Waals surface area contributed by atoms with Gasteiger partial charge in [0.15, 0.2) is 0 Å². The Morgan fingerprint density at radius 2 is 1.63 bits per heavy atom. The predicted molar refractivity (Wildman–Crippen MR) is 112 cm³/mol. The number of hydroxylamine groups is 2. The van der Waals surface area contributed by atoms with Crippen molar-refractivity contribution in [3.05, 3.63) is 59.7 Å². The summed E-state index contributed by atoms with van der Waals surface area (Å²) >= 11 is 0. The summed E-state index contributed by atoms with van der Waals surface area (Å²) in [5.74, 6) is -0.564. The second-order valence-corrected chi connectivity index (χ2v) is 7.84. The first kappa shape index (κ1) is 20.5. The molecule has 0 aliphatic carbocycles. The lowest BCUT2D eigenvalue weighted by Gasteiger charge is -2.27. The van der Waals surface area contributed by atoms with Gasteiger partial charge in [-0.3, -0.25) is 19.7 Å². The third kappa shape index (κ3) is 5.05. The third-order valence-corrected chi connectivity index (χ3v) is 5.68. The van der Waals surface area contributed by atoms with Crippen LogP contribution in [0.15, 0.2) is 48.5 Å². The highest BCUT2D eigenvalue weighted by molar-refractivity contribution is 5.95. The molecule has 2 amide bonds. The number of piperidine rings is 1. The molecule has 7 heteroatoms. The zero-order valence-corrected chi connectivity index (χ0v) is 16.9. The molecular weight excluding hydrogens is 382 g/mol. The summed E-state index contributed by atoms with van der Waals surface area (Å²) in [6.07, 6.45) is 0.667. The molecule has 2 aliphatic heterocycles. The van der Waals surface area contributed by atoms with Crippen LogP contribution in [0, 0.1) is 0 Å². The van der Waals surface area contributed by atoms with E-state index in [1.165, 1.54) is 5.56 Å². The molecule has 2 fully saturated rings. The number of morpholine rings is 1. The van der Waals surface area contributed by atoms with Gasteiger partial charge in [-0.2, -0.15) is 0 Å². The number of nitrogens with zero attached hydrogens (tertiary/aromatic N) is 2. The molecule has 0 aromatic heterocycles. The van der Waals surface area contributed by atoms with E-state index < -0.39 is 0 Å². The second-order valence-electron chi connectivity index (χ2n) is 7.84. The Labute approximate surface area is 176 Å². The molecule has 7 nitrogen and oxygen atoms in total. The van der Waals surface area contributed by atoms with Crippen molar-refractivity contribution < 1.29 is 19.5 Å². The fraction of sp³-hybridized carbons (Fsp3) is 0.391. The van der Waals surface area contributed by atoms with Crippen LogP contribution in [0.4, 0.5) is 0 Å². The number of hydrogen-bond acceptors (Lipinski definition) is 5. The van der Waals surface area contributed by atoms with Crippen LogP contribution in [0.1, 0.15) is 28.8 Å². The van der Waals surface area contributed by atoms with Crippen LogP contribution < -0.4 is 5.32 Å². The Morgan fingerprint density at radius 3 is 2.27 bits per heavy atom. The molecule has 2 aliphatic rings. The smallest absolute Gasteiger partial charge is 0.251 e. The van der Waals surface area contributed by atoms with E-state index in [-0.39, 0.29) is 30.8 Å². The minimum atomic E-state index is -0.362. The van der Waals surface area contributed by atoms with Crippen LogP contribution in [0.3, 0.4) is 0 Å². The quantitative estimate of drug-likeness (QED) is 0.741. The van der Waals surface area contributed by atoms with Gasteiger partial charge in [0, 0.05) is 37.7 Å². The van der Waals surface area contributed by atoms with Gasteiger partial charge < -0.3 is 10.1 Å². The zero-order valence-electron chi connectivity index (χ0n) is 16.9. The number of hydrogen-bond donors (Lipinski definition) is 2. The van der Waals surface area contributed by atoms with Gasteiger partial charge in [0.1, 0.15) is 0 Å². The highest BCUT2D eigenvalue weighted by Gasteiger charge is 2.26. The molecule has 30 heavy (non-hydrogen) atoms. The topological polar surface area (TPSA) is 82.1 Å². The van der Waals surface area contributed by atoms with Crippen LogP contribution in [0.5, 0.6) is 0 Å². The number of ether oxygens (including phenoxy) is 1. The standard InChI is InChI=1S/C23H27N3O4/c27-22-15-21(9-10-26(22)29)24-23(28)20-7-5-19(6-8-20)18-3-1-17(2-4-18)16-25-11-13-30-14-12-25/h1-8,21,29H,9-16H2,(H,24,28). The van der Waals surface area contributed by atoms with E-state index in [1.807, 2.05) is 12.1 Å². The average Bonchev–Trinajstić information content (AvgIpc) is 2.78. The monoisotopic (exact) mass is 409 g/mol. The average molecular weight is 409 g/mol. The van der Waals surface area contributed by atoms with E-state index in [0.717, 1.165) is 44.0 Å². The van der Waals surface area contributed by atoms with E-state index in [9.17, 15) is 14.8 Å². The van der Waals surface area contributed by atoms with Gasteiger partial charge in [-0.1, -0.05) is 36.4 Å². The highest BCUT2D eigenvalue weighted by Crippen LogP contribution is 2.21. The van der Waals surface area contributed by atoms with Gasteiger partial charge in [0.25, 0.3) is 5.91 Å². The molecule has 0 spiro atoms. The Balaban J connectivity index is 1.34. The highest BCUT2D eigenvalue weighted by atomic mass is 16.5. The van der Waals surface area contributed by atoms with Gasteiger partial charge >= 0.3 is 0 Å². The first-order chi connectivity index (χ1) is 14.6. The molecule has 2 aromatic carbocycles. The molecule has 0 bridgehead atoms. The van der Waals surface area contributed by atoms with Gasteiger partial charge in [0.2, 0.25) is 5.91 Å². The number of nitrogens with one attached hydrogen (secondary N) is 1. The maximum absolute atomic E-state index is 12.5. The van der Waals surface area contributed by atoms with E-state index in [0.29, 0.717) is 17.0 Å². The van der Waals surface area contributed by atoms with E-state index in [4.69, 9.17) is 4.74 Å². The molecule has 1 atom stereocenters. The minimum absolute atomic E-state index is 0.122. The molecule has 1 unspecified atom stereocenters. The normalized spacial score (nSPS) is 20.2. The Hall–Kier alpha value is -2.74. The lowest BCUT2D eigenvalue weighted by Crippen LogP contribution is -2.46. The Kier molecular flexibility index (Phi) is 6.42. The minimum Gasteiger partial charge on any atom is -0.379 e. The largest absolute Gasteiger partial charge is 0.379 e. The predicted octanol–water partition coefficient (Wildman–Crippen LogP) is 2.30. The summed E-state index contributed by atoms with van der Waals surface area (Å²) in [6, 6.07) is 15.8. The van der Waals surface area contributed by atoms with Gasteiger partial charge in [-0.25, -0.2) is 5.06 Å². The van der Waals surface area contributed by atoms with E-state index in [2.05, 4.69) is 34.5 Å². The summed E-state index contributed by atoms with van der Waals surface area (Å²) in [4.78, 5) is 26.4. The molecule has 2 heterocycles. The summed E-state index contributed by atoms with van der Waals surface area (Å²) in [7, 11) is 0. The lowest BCUT2D eigenvalue weighted by molar-refractivity contribution is -0.170. The number of rotatable bonds is 5. The van der Waals surface area contributed by atoms with E-state index >= 15 is 0 Å². The van der Waals surface area contributed by atoms with Crippen LogP contribution in [-0.2, 0) is 16.1 Å². The summed E-state index contributed by atoms with van der Waals surface area (Å²) < 4.78 is 5.40. The van der Waals surface area contributed by atoms with Crippen molar-refractivity contribution in [2.75, 3.05) is 32.8 Å². The van der Waals surface area contributed by atoms with Crippen molar-refractivity contribution in [2.45, 2.75) is 25.4 Å². The first-order valence-corrected chi connectivity index (χ1v) is 10.4. The summed E-state index contributed by atoms with van der Waals surface area (Å²) in [5.41, 5.74) is 3.99. The maximum Gasteiger partial charge on any atom is 0.251 e. The van der Waals surface area contributed by atoms with Crippen LogP contribution >= 0.6 is 0 Å². The first-order valence-electron chi connectivity index (χ1n) is 10.4. The zero-order chi connectivity index (χ0) is 20.9. The molecule has 2 saturated heterocycles. The van der Waals surface area contributed by atoms with Crippen molar-refractivity contribution >= 4 is 11.8 Å². The molecule has 0 radical (unpaired) electrons. The molecule has 4 rings (SSSR count). The number of carbonyl (C=O) groups excluding carboxylic acids is 2. The molecule has 2 aromatic rings. The molecule has 158 valence electrons. The number of carbonyl (C=O) groups is 2. The van der Waals surface area contributed by atoms with Crippen LogP contribution in [0.25, 0.3) is 11.1 Å². The van der Waals surface area contributed by atoms with Crippen molar-refractivity contribution in [1.82, 2.24) is 15.3 Å². The SMILES string of the molecule is O=C(NC1CCN(O)C(=O)C1)c1ccc(-c2ccc(CN3CCOCC3)cc2)cc1. The van der Waals surface area contributed by atoms with Crippen LogP contribution in [-0.4, -0.2) is 65.9 Å². The van der Waals surface area contributed by atoms with Gasteiger partial charge in [-0.15, -0.1) is 0 Å². The van der Waals surface area contributed by atoms with Gasteiger partial charge in [-0.05, 0) is 35.2 Å². The number of benzene rings is 2. The Bertz CT molecular complexity index is 876. The van der Waals surface area contributed by atoms with Crippen molar-refractivity contribution in [3.63, 3.8) is 0 Å². The maximum atomic E-state index is 12.5. The molecule has 0 saturated carbocycles. The lowest BCUT2D eigenvalue weighted by atomic mass is 10.0. The Morgan fingerprint density at radius 1 is 1.00 bits per heavy atom. The fourth-order valence-corrected chi connectivity index (χ4v) is 3.85. The fourth-order valence-electron chi connectivity index (χ4n) is 3.85. The molecule has 2 N–H and O–H groups in total. The summed E-state index contributed by atoms with van der Waals surface area (Å²) in [6.45, 7) is 4.71. The molecular formula is C23H27N3O4. The van der Waals surface area contributed by atoms with Crippen molar-refractivity contribution in [1.29, 1.82) is 0 Å². The second kappa shape index (κ2) is 9.38. The van der Waals surface area contributed by atoms with Crippen molar-refractivity contribution in [3.8, 4) is 11.1 Å². The van der Waals surface area contributed by atoms with Crippen molar-refractivity contribution in [2.24, 2.45) is 0 Å². The number of amides is 2. The van der Waals surface area contributed by atoms with Crippen LogP contribution in [0.2, 0.25) is 0 Å². The third-order valence-electron chi connectivity index (χ3n) is 5.68. The van der Waals surface area contributed by atoms with Gasteiger partial charge in [0.05, 0.1) is 19.8 Å². The van der Waals surface area contributed by atoms with E-state index in [1.54, 1.807) is 12.1 Å².